The van der Waals surface area contributed by atoms with E-state index in [4.69, 9.17) is 14.2 Å². The molecule has 6 nitrogen and oxygen atoms in total. The highest BCUT2D eigenvalue weighted by molar-refractivity contribution is 5.72. The quantitative estimate of drug-likeness (QED) is 0.0261. The van der Waals surface area contributed by atoms with E-state index in [1.165, 1.54) is 154 Å². The standard InChI is InChI=1S/C71H118O6/c1-4-7-10-13-16-19-22-25-28-30-31-32-33-34-35-36-37-38-39-41-43-46-49-52-55-58-61-64-70(73)76-67-68(66-75-69(72)63-60-57-54-51-48-45-42-27-24-21-18-15-12-9-6-3)77-71(74)65-62-59-56-53-50-47-44-40-29-26-23-20-17-14-11-8-5-2/h9,12,17-18,20-22,25-27,29-31,33-34,42,48,51,57,60,68H,4-8,10-11,13-16,19,23-24,28,32,35-41,43-47,49-50,52-56,58-59,61-67H2,1-3H3/b12-9-,20-17-,21-18-,25-22-,29-26-,31-30-,34-33-,42-27-,51-48-,60-57-. The predicted molar refractivity (Wildman–Crippen MR) is 334 cm³/mol. The first-order valence-corrected chi connectivity index (χ1v) is 32.0. The molecule has 0 fully saturated rings. The van der Waals surface area contributed by atoms with Crippen LogP contribution in [0.2, 0.25) is 0 Å². The Morgan fingerprint density at radius 1 is 0.286 bits per heavy atom. The van der Waals surface area contributed by atoms with Crippen LogP contribution in [0.3, 0.4) is 0 Å². The Balaban J connectivity index is 4.39. The normalized spacial score (nSPS) is 12.9. The van der Waals surface area contributed by atoms with Gasteiger partial charge in [-0.25, -0.2) is 0 Å². The second kappa shape index (κ2) is 64.3. The Labute approximate surface area is 475 Å². The number of hydrogen-bond acceptors (Lipinski definition) is 6. The molecule has 0 bridgehead atoms. The summed E-state index contributed by atoms with van der Waals surface area (Å²) in [5, 5.41) is 0. The third kappa shape index (κ3) is 62.5. The SMILES string of the molecule is CC/C=C\C/C=C\C/C=C\C/C=C\C/C=C\CC(=O)OCC(COC(=O)CCCCCCCCCCCCCC/C=C\C/C=C\C/C=C\CCCCCCC)OC(=O)CCCCCCCCC/C=C\C/C=C\CCCCC. The summed E-state index contributed by atoms with van der Waals surface area (Å²) >= 11 is 0. The van der Waals surface area contributed by atoms with E-state index in [1.54, 1.807) is 6.08 Å². The fraction of sp³-hybridized carbons (Fsp3) is 0.676. The molecule has 0 aromatic rings. The average molecular weight is 1070 g/mol. The van der Waals surface area contributed by atoms with E-state index in [1.807, 2.05) is 6.08 Å². The second-order valence-corrected chi connectivity index (χ2v) is 20.9. The Morgan fingerprint density at radius 2 is 0.558 bits per heavy atom. The van der Waals surface area contributed by atoms with Crippen molar-refractivity contribution in [2.45, 2.75) is 297 Å². The molecule has 0 aromatic carbocycles. The van der Waals surface area contributed by atoms with E-state index in [9.17, 15) is 14.4 Å². The van der Waals surface area contributed by atoms with Crippen molar-refractivity contribution in [3.63, 3.8) is 0 Å². The minimum absolute atomic E-state index is 0.114. The third-order valence-corrected chi connectivity index (χ3v) is 13.5. The number of unbranched alkanes of at least 4 members (excludes halogenated alkanes) is 27. The van der Waals surface area contributed by atoms with Gasteiger partial charge in [-0.15, -0.1) is 0 Å². The highest BCUT2D eigenvalue weighted by atomic mass is 16.6. The van der Waals surface area contributed by atoms with Crippen molar-refractivity contribution in [3.05, 3.63) is 122 Å². The van der Waals surface area contributed by atoms with Gasteiger partial charge in [0.05, 0.1) is 6.42 Å². The van der Waals surface area contributed by atoms with Gasteiger partial charge in [-0.3, -0.25) is 14.4 Å². The van der Waals surface area contributed by atoms with E-state index >= 15 is 0 Å². The van der Waals surface area contributed by atoms with Gasteiger partial charge >= 0.3 is 17.9 Å². The third-order valence-electron chi connectivity index (χ3n) is 13.5. The molecule has 1 unspecified atom stereocenters. The van der Waals surface area contributed by atoms with Crippen LogP contribution in [-0.4, -0.2) is 37.2 Å². The molecule has 0 radical (unpaired) electrons. The summed E-state index contributed by atoms with van der Waals surface area (Å²) in [5.74, 6) is -1.05. The van der Waals surface area contributed by atoms with Crippen LogP contribution in [0.1, 0.15) is 290 Å². The molecule has 0 spiro atoms. The first-order chi connectivity index (χ1) is 38.0. The molecule has 0 rings (SSSR count). The summed E-state index contributed by atoms with van der Waals surface area (Å²) in [7, 11) is 0. The molecule has 0 saturated carbocycles. The van der Waals surface area contributed by atoms with E-state index < -0.39 is 12.1 Å². The molecule has 0 N–H and O–H groups in total. The van der Waals surface area contributed by atoms with Crippen LogP contribution < -0.4 is 0 Å². The highest BCUT2D eigenvalue weighted by Crippen LogP contribution is 2.15. The lowest BCUT2D eigenvalue weighted by molar-refractivity contribution is -0.166. The van der Waals surface area contributed by atoms with E-state index in [2.05, 4.69) is 130 Å². The maximum Gasteiger partial charge on any atom is 0.309 e. The summed E-state index contributed by atoms with van der Waals surface area (Å²) < 4.78 is 16.8. The van der Waals surface area contributed by atoms with Crippen LogP contribution in [0.15, 0.2) is 122 Å². The topological polar surface area (TPSA) is 78.9 Å². The lowest BCUT2D eigenvalue weighted by Crippen LogP contribution is -2.30. The molecule has 0 aliphatic carbocycles. The largest absolute Gasteiger partial charge is 0.462 e. The smallest absolute Gasteiger partial charge is 0.309 e. The Hall–Kier alpha value is -4.19. The summed E-state index contributed by atoms with van der Waals surface area (Å²) in [6, 6.07) is 0. The average Bonchev–Trinajstić information content (AvgIpc) is 3.43. The van der Waals surface area contributed by atoms with Crippen LogP contribution in [0.5, 0.6) is 0 Å². The number of carbonyl (C=O) groups is 3. The van der Waals surface area contributed by atoms with Crippen molar-refractivity contribution in [1.29, 1.82) is 0 Å². The molecule has 0 amide bonds. The molecule has 438 valence electrons. The van der Waals surface area contributed by atoms with Crippen molar-refractivity contribution in [2.24, 2.45) is 0 Å². The number of esters is 3. The van der Waals surface area contributed by atoms with Crippen LogP contribution in [0, 0.1) is 0 Å². The molecule has 77 heavy (non-hydrogen) atoms. The van der Waals surface area contributed by atoms with Crippen LogP contribution >= 0.6 is 0 Å². The molecular weight excluding hydrogens is 949 g/mol. The predicted octanol–water partition coefficient (Wildman–Crippen LogP) is 22.0. The van der Waals surface area contributed by atoms with Gasteiger partial charge in [-0.05, 0) is 116 Å². The Bertz CT molecular complexity index is 1600. The number of hydrogen-bond donors (Lipinski definition) is 0. The zero-order chi connectivity index (χ0) is 55.7. The monoisotopic (exact) mass is 1070 g/mol. The van der Waals surface area contributed by atoms with Gasteiger partial charge < -0.3 is 14.2 Å². The molecule has 0 heterocycles. The Morgan fingerprint density at radius 3 is 0.935 bits per heavy atom. The summed E-state index contributed by atoms with van der Waals surface area (Å²) in [4.78, 5) is 38.2. The molecule has 1 atom stereocenters. The zero-order valence-corrected chi connectivity index (χ0v) is 50.2. The lowest BCUT2D eigenvalue weighted by atomic mass is 10.0. The van der Waals surface area contributed by atoms with E-state index in [0.29, 0.717) is 12.8 Å². The van der Waals surface area contributed by atoms with Crippen molar-refractivity contribution in [2.75, 3.05) is 13.2 Å². The maximum absolute atomic E-state index is 12.9. The molecule has 0 aliphatic heterocycles. The zero-order valence-electron chi connectivity index (χ0n) is 50.2. The van der Waals surface area contributed by atoms with Gasteiger partial charge in [-0.2, -0.15) is 0 Å². The molecule has 0 aliphatic rings. The second-order valence-electron chi connectivity index (χ2n) is 20.9. The van der Waals surface area contributed by atoms with Crippen LogP contribution in [0.4, 0.5) is 0 Å². The van der Waals surface area contributed by atoms with Gasteiger partial charge in [0.1, 0.15) is 13.2 Å². The van der Waals surface area contributed by atoms with Crippen molar-refractivity contribution in [1.82, 2.24) is 0 Å². The van der Waals surface area contributed by atoms with E-state index in [0.717, 1.165) is 96.3 Å². The van der Waals surface area contributed by atoms with Gasteiger partial charge in [0.15, 0.2) is 6.10 Å². The highest BCUT2D eigenvalue weighted by Gasteiger charge is 2.19. The number of carbonyl (C=O) groups excluding carboxylic acids is 3. The molecule has 6 heteroatoms. The molecular formula is C71H118O6. The fourth-order valence-electron chi connectivity index (χ4n) is 8.67. The molecule has 0 aromatic heterocycles. The van der Waals surface area contributed by atoms with E-state index in [-0.39, 0.29) is 31.6 Å². The number of allylic oxidation sites excluding steroid dienone is 19. The summed E-state index contributed by atoms with van der Waals surface area (Å²) in [6.45, 7) is 6.41. The fourth-order valence-corrected chi connectivity index (χ4v) is 8.67. The summed E-state index contributed by atoms with van der Waals surface area (Å²) in [5.41, 5.74) is 0. The number of rotatable bonds is 57. The van der Waals surface area contributed by atoms with Gasteiger partial charge in [-0.1, -0.05) is 277 Å². The first-order valence-electron chi connectivity index (χ1n) is 32.0. The molecule has 0 saturated heterocycles. The number of ether oxygens (including phenoxy) is 3. The van der Waals surface area contributed by atoms with Crippen molar-refractivity contribution < 1.29 is 28.6 Å². The first kappa shape index (κ1) is 72.8. The van der Waals surface area contributed by atoms with Gasteiger partial charge in [0.25, 0.3) is 0 Å². The van der Waals surface area contributed by atoms with Gasteiger partial charge in [0.2, 0.25) is 0 Å². The maximum atomic E-state index is 12.9. The Kier molecular flexibility index (Phi) is 60.8. The van der Waals surface area contributed by atoms with Crippen LogP contribution in [0.25, 0.3) is 0 Å². The minimum Gasteiger partial charge on any atom is -0.462 e. The lowest BCUT2D eigenvalue weighted by Gasteiger charge is -2.18. The van der Waals surface area contributed by atoms with Gasteiger partial charge in [0, 0.05) is 12.8 Å². The van der Waals surface area contributed by atoms with Crippen molar-refractivity contribution >= 4 is 17.9 Å². The minimum atomic E-state index is -0.827. The van der Waals surface area contributed by atoms with Crippen LogP contribution in [-0.2, 0) is 28.6 Å². The summed E-state index contributed by atoms with van der Waals surface area (Å²) in [6.07, 6.45) is 89.4. The van der Waals surface area contributed by atoms with Crippen molar-refractivity contribution in [3.8, 4) is 0 Å².